The lowest BCUT2D eigenvalue weighted by molar-refractivity contribution is 0.318. The van der Waals surface area contributed by atoms with Gasteiger partial charge in [-0.2, -0.15) is 0 Å². The summed E-state index contributed by atoms with van der Waals surface area (Å²) >= 11 is 0. The molecule has 0 unspecified atom stereocenters. The summed E-state index contributed by atoms with van der Waals surface area (Å²) in [4.78, 5) is 3.91. The molecule has 0 aliphatic heterocycles. The van der Waals surface area contributed by atoms with Gasteiger partial charge in [0.25, 0.3) is 0 Å². The first-order valence-electron chi connectivity index (χ1n) is 5.15. The minimum atomic E-state index is -0.310. The zero-order valence-electron chi connectivity index (χ0n) is 9.05. The van der Waals surface area contributed by atoms with Crippen molar-refractivity contribution in [1.29, 1.82) is 0 Å². The number of pyridine rings is 1. The molecule has 2 aromatic rings. The third-order valence-corrected chi connectivity index (χ3v) is 2.42. The van der Waals surface area contributed by atoms with E-state index < -0.39 is 0 Å². The number of hydrogen-bond acceptors (Lipinski definition) is 3. The van der Waals surface area contributed by atoms with Crippen molar-refractivity contribution in [3.8, 4) is 0 Å². The largest absolute Gasteiger partial charge is 0.411 e. The quantitative estimate of drug-likeness (QED) is 0.500. The van der Waals surface area contributed by atoms with Crippen molar-refractivity contribution in [2.24, 2.45) is 5.16 Å². The van der Waals surface area contributed by atoms with Gasteiger partial charge in [0, 0.05) is 18.8 Å². The molecule has 0 aliphatic carbocycles. The first-order chi connectivity index (χ1) is 8.29. The Kier molecular flexibility index (Phi) is 3.45. The number of benzene rings is 1. The van der Waals surface area contributed by atoms with Gasteiger partial charge in [0.2, 0.25) is 0 Å². The van der Waals surface area contributed by atoms with Crippen molar-refractivity contribution in [2.45, 2.75) is 6.42 Å². The molecule has 3 nitrogen and oxygen atoms in total. The normalized spacial score (nSPS) is 11.5. The zero-order chi connectivity index (χ0) is 12.1. The van der Waals surface area contributed by atoms with Crippen LogP contribution in [0.15, 0.2) is 53.9 Å². The second kappa shape index (κ2) is 5.21. The van der Waals surface area contributed by atoms with Gasteiger partial charge in [0.1, 0.15) is 5.82 Å². The number of hydrogen-bond donors (Lipinski definition) is 1. The minimum Gasteiger partial charge on any atom is -0.411 e. The molecule has 0 saturated heterocycles. The topological polar surface area (TPSA) is 45.5 Å². The lowest BCUT2D eigenvalue weighted by Gasteiger charge is -2.04. The van der Waals surface area contributed by atoms with Crippen LogP contribution in [0.5, 0.6) is 0 Å². The summed E-state index contributed by atoms with van der Waals surface area (Å²) in [5.41, 5.74) is 2.18. The Morgan fingerprint density at radius 1 is 1.12 bits per heavy atom. The second-order valence-corrected chi connectivity index (χ2v) is 3.59. The standard InChI is InChI=1S/C13H11FN2O/c14-12-3-1-11(2-4-12)13(16-17)9-10-5-7-15-8-6-10/h1-8,17H,9H2/b16-13+. The van der Waals surface area contributed by atoms with Crippen LogP contribution in [0.1, 0.15) is 11.1 Å². The molecule has 0 fully saturated rings. The van der Waals surface area contributed by atoms with Crippen LogP contribution < -0.4 is 0 Å². The molecule has 0 atom stereocenters. The molecule has 0 radical (unpaired) electrons. The van der Waals surface area contributed by atoms with E-state index >= 15 is 0 Å². The highest BCUT2D eigenvalue weighted by Gasteiger charge is 2.05. The van der Waals surface area contributed by atoms with Crippen LogP contribution in [-0.4, -0.2) is 15.9 Å². The summed E-state index contributed by atoms with van der Waals surface area (Å²) in [5.74, 6) is -0.310. The molecule has 17 heavy (non-hydrogen) atoms. The maximum atomic E-state index is 12.8. The number of oxime groups is 1. The Labute approximate surface area is 98.2 Å². The molecule has 0 aliphatic rings. The third kappa shape index (κ3) is 2.87. The van der Waals surface area contributed by atoms with Gasteiger partial charge in [-0.15, -0.1) is 0 Å². The lowest BCUT2D eigenvalue weighted by Crippen LogP contribution is -2.05. The Hall–Kier alpha value is -2.23. The van der Waals surface area contributed by atoms with Crippen LogP contribution in [0.3, 0.4) is 0 Å². The highest BCUT2D eigenvalue weighted by atomic mass is 19.1. The lowest BCUT2D eigenvalue weighted by atomic mass is 10.0. The Morgan fingerprint density at radius 3 is 2.35 bits per heavy atom. The molecule has 2 rings (SSSR count). The molecule has 1 aromatic heterocycles. The van der Waals surface area contributed by atoms with Crippen molar-refractivity contribution < 1.29 is 9.60 Å². The van der Waals surface area contributed by atoms with Gasteiger partial charge in [0.05, 0.1) is 5.71 Å². The highest BCUT2D eigenvalue weighted by molar-refractivity contribution is 6.01. The fraction of sp³-hybridized carbons (Fsp3) is 0.0769. The van der Waals surface area contributed by atoms with E-state index in [-0.39, 0.29) is 5.82 Å². The molecular formula is C13H11FN2O. The minimum absolute atomic E-state index is 0.310. The van der Waals surface area contributed by atoms with E-state index in [2.05, 4.69) is 10.1 Å². The fourth-order valence-electron chi connectivity index (χ4n) is 1.53. The Morgan fingerprint density at radius 2 is 1.76 bits per heavy atom. The molecule has 0 spiro atoms. The summed E-state index contributed by atoms with van der Waals surface area (Å²) in [6.07, 6.45) is 3.83. The van der Waals surface area contributed by atoms with E-state index in [1.54, 1.807) is 24.5 Å². The fourth-order valence-corrected chi connectivity index (χ4v) is 1.53. The van der Waals surface area contributed by atoms with Crippen LogP contribution in [0.4, 0.5) is 4.39 Å². The van der Waals surface area contributed by atoms with Crippen LogP contribution in [0, 0.1) is 5.82 Å². The average molecular weight is 230 g/mol. The van der Waals surface area contributed by atoms with Gasteiger partial charge in [-0.25, -0.2) is 4.39 Å². The van der Waals surface area contributed by atoms with E-state index in [1.165, 1.54) is 12.1 Å². The summed E-state index contributed by atoms with van der Waals surface area (Å²) in [6.45, 7) is 0. The maximum absolute atomic E-state index is 12.8. The van der Waals surface area contributed by atoms with Gasteiger partial charge in [-0.05, 0) is 35.4 Å². The number of nitrogens with zero attached hydrogens (tertiary/aromatic N) is 2. The van der Waals surface area contributed by atoms with Gasteiger partial charge in [-0.3, -0.25) is 4.98 Å². The molecule has 0 bridgehead atoms. The second-order valence-electron chi connectivity index (χ2n) is 3.59. The van der Waals surface area contributed by atoms with Crippen LogP contribution in [-0.2, 0) is 6.42 Å². The number of aromatic nitrogens is 1. The van der Waals surface area contributed by atoms with Crippen molar-refractivity contribution >= 4 is 5.71 Å². The average Bonchev–Trinajstić information content (AvgIpc) is 2.38. The van der Waals surface area contributed by atoms with E-state index in [9.17, 15) is 4.39 Å². The Balaban J connectivity index is 2.21. The first-order valence-corrected chi connectivity index (χ1v) is 5.15. The van der Waals surface area contributed by atoms with Gasteiger partial charge in [-0.1, -0.05) is 17.3 Å². The predicted molar refractivity (Wildman–Crippen MR) is 62.7 cm³/mol. The summed E-state index contributed by atoms with van der Waals surface area (Å²) in [7, 11) is 0. The van der Waals surface area contributed by atoms with Crippen LogP contribution in [0.25, 0.3) is 0 Å². The summed E-state index contributed by atoms with van der Waals surface area (Å²) < 4.78 is 12.8. The number of rotatable bonds is 3. The highest BCUT2D eigenvalue weighted by Crippen LogP contribution is 2.09. The molecule has 0 saturated carbocycles. The van der Waals surface area contributed by atoms with Crippen molar-refractivity contribution in [3.05, 3.63) is 65.7 Å². The molecule has 4 heteroatoms. The molecule has 1 N–H and O–H groups in total. The van der Waals surface area contributed by atoms with Gasteiger partial charge >= 0.3 is 0 Å². The summed E-state index contributed by atoms with van der Waals surface area (Å²) in [6, 6.07) is 9.54. The van der Waals surface area contributed by atoms with Gasteiger partial charge < -0.3 is 5.21 Å². The monoisotopic (exact) mass is 230 g/mol. The van der Waals surface area contributed by atoms with Crippen molar-refractivity contribution in [1.82, 2.24) is 4.98 Å². The molecule has 1 heterocycles. The molecule has 0 amide bonds. The first kappa shape index (κ1) is 11.3. The van der Waals surface area contributed by atoms with E-state index in [0.717, 1.165) is 5.56 Å². The van der Waals surface area contributed by atoms with Crippen molar-refractivity contribution in [2.75, 3.05) is 0 Å². The summed E-state index contributed by atoms with van der Waals surface area (Å²) in [5, 5.41) is 12.2. The third-order valence-electron chi connectivity index (χ3n) is 2.42. The van der Waals surface area contributed by atoms with Gasteiger partial charge in [0.15, 0.2) is 0 Å². The Bertz CT molecular complexity index is 509. The molecular weight excluding hydrogens is 219 g/mol. The van der Waals surface area contributed by atoms with Crippen molar-refractivity contribution in [3.63, 3.8) is 0 Å². The van der Waals surface area contributed by atoms with E-state index in [1.807, 2.05) is 12.1 Å². The number of halogens is 1. The SMILES string of the molecule is O/N=C(\Cc1ccncc1)c1ccc(F)cc1. The molecule has 86 valence electrons. The van der Waals surface area contributed by atoms with Crippen LogP contribution in [0.2, 0.25) is 0 Å². The smallest absolute Gasteiger partial charge is 0.123 e. The van der Waals surface area contributed by atoms with E-state index in [0.29, 0.717) is 17.7 Å². The van der Waals surface area contributed by atoms with E-state index in [4.69, 9.17) is 5.21 Å². The van der Waals surface area contributed by atoms with Crippen LogP contribution >= 0.6 is 0 Å². The predicted octanol–water partition coefficient (Wildman–Crippen LogP) is 2.64. The zero-order valence-corrected chi connectivity index (χ0v) is 9.05. The maximum Gasteiger partial charge on any atom is 0.123 e. The molecule has 1 aromatic carbocycles.